The predicted molar refractivity (Wildman–Crippen MR) is 139 cm³/mol. The molecule has 4 rings (SSSR count). The van der Waals surface area contributed by atoms with Crippen molar-refractivity contribution in [2.45, 2.75) is 37.2 Å². The molecule has 0 saturated heterocycles. The Hall–Kier alpha value is -2.07. The van der Waals surface area contributed by atoms with Gasteiger partial charge in [0.2, 0.25) is 0 Å². The molecule has 4 aromatic rings. The topological polar surface area (TPSA) is 25.8 Å². The number of rotatable bonds is 5. The molecule has 0 saturated carbocycles. The zero-order valence-electron chi connectivity index (χ0n) is 42.1. The van der Waals surface area contributed by atoms with Gasteiger partial charge in [-0.15, -0.1) is 35.8 Å². The van der Waals surface area contributed by atoms with Gasteiger partial charge in [-0.05, 0) is 14.5 Å². The normalized spacial score (nSPS) is 23.5. The van der Waals surface area contributed by atoms with Crippen LogP contribution in [0.5, 0.6) is 0 Å². The average Bonchev–Trinajstić information content (AvgIpc) is 3.08. The minimum atomic E-state index is -5.32. The van der Waals surface area contributed by atoms with E-state index in [1.165, 1.54) is 0 Å². The number of hydrogen-bond acceptors (Lipinski definition) is 2. The van der Waals surface area contributed by atoms with Gasteiger partial charge in [0.25, 0.3) is 0 Å². The fourth-order valence-electron chi connectivity index (χ4n) is 2.52. The largest absolute Gasteiger partial charge is 0.305 e. The molecule has 0 fully saturated rings. The maximum atomic E-state index is 8.45. The minimum absolute atomic E-state index is 0. The third-order valence-electron chi connectivity index (χ3n) is 3.86. The molecule has 2 aromatic carbocycles. The summed E-state index contributed by atoms with van der Waals surface area (Å²) in [6, 6.07) is 0.115. The van der Waals surface area contributed by atoms with E-state index in [1.54, 1.807) is 0 Å². The quantitative estimate of drug-likeness (QED) is 0.169. The number of hydrogen-bond donors (Lipinski definition) is 0. The Kier molecular flexibility index (Phi) is 3.36. The monoisotopic (exact) mass is 700 g/mol. The van der Waals surface area contributed by atoms with Crippen molar-refractivity contribution in [1.82, 2.24) is 9.97 Å². The van der Waals surface area contributed by atoms with Gasteiger partial charge in [0.05, 0.1) is 5.48 Å². The molecule has 173 valence electrons. The third-order valence-corrected chi connectivity index (χ3v) is 7.06. The van der Waals surface area contributed by atoms with E-state index in [2.05, 4.69) is 22.1 Å². The van der Waals surface area contributed by atoms with Crippen LogP contribution in [0, 0.1) is 18.0 Å². The van der Waals surface area contributed by atoms with Crippen molar-refractivity contribution in [1.29, 1.82) is 0 Å². The van der Waals surface area contributed by atoms with Gasteiger partial charge < -0.3 is 4.98 Å². The number of aromatic nitrogens is 2. The van der Waals surface area contributed by atoms with E-state index < -0.39 is 123 Å². The maximum Gasteiger partial charge on any atom is 0.0830 e. The first-order chi connectivity index (χ1) is 25.6. The van der Waals surface area contributed by atoms with Crippen LogP contribution in [-0.2, 0) is 26.5 Å². The van der Waals surface area contributed by atoms with E-state index in [0.717, 1.165) is 18.0 Å². The number of pyridine rings is 2. The van der Waals surface area contributed by atoms with Crippen LogP contribution < -0.4 is 4.40 Å². The van der Waals surface area contributed by atoms with Crippen LogP contribution in [0.15, 0.2) is 84.9 Å². The van der Waals surface area contributed by atoms with E-state index >= 15 is 0 Å². The second-order valence-corrected chi connectivity index (χ2v) is 12.3. The fraction of sp³-hybridized carbons (Fsp3) is 0.241. The summed E-state index contributed by atoms with van der Waals surface area (Å²) >= 11 is -5.32. The van der Waals surface area contributed by atoms with Crippen LogP contribution in [0.3, 0.4) is 0 Å². The standard InChI is InChI=1S/C18H24GeN.C11H8N.Ir/c1-14(2)11-16-12-18(15-9-7-6-8-10-15)20-13-17(16)19(3,4)5;1-2-6-10(7-3-1)11-8-4-5-9-12-11;/h6-9,12-14H,11H2,1-5H3;1-6,8-9H;/q2*-1;/i1D3,2D3,3D3,4D3,6D,7D,8D,9D,14D;1D,2D,3D,4D,5D,6D,8D,9D;. The van der Waals surface area contributed by atoms with Crippen molar-refractivity contribution in [2.75, 3.05) is 0 Å². The first kappa shape index (κ1) is 8.55. The summed E-state index contributed by atoms with van der Waals surface area (Å²) in [5.74, 6) is -2.10. The molecule has 4 heteroatoms. The second kappa shape index (κ2) is 13.0. The second-order valence-electron chi connectivity index (χ2n) is 6.45. The van der Waals surface area contributed by atoms with E-state index in [1.807, 2.05) is 0 Å². The molecule has 0 aliphatic carbocycles. The molecule has 33 heavy (non-hydrogen) atoms. The molecule has 0 spiro atoms. The summed E-state index contributed by atoms with van der Waals surface area (Å²) in [6.45, 7) is -6.80. The molecular weight excluding hydrogens is 641 g/mol. The first-order valence-electron chi connectivity index (χ1n) is 21.5. The zero-order chi connectivity index (χ0) is 44.3. The van der Waals surface area contributed by atoms with E-state index in [-0.39, 0.29) is 52.6 Å². The van der Waals surface area contributed by atoms with Crippen molar-refractivity contribution >= 4 is 17.7 Å². The van der Waals surface area contributed by atoms with Crippen LogP contribution in [0.4, 0.5) is 0 Å². The predicted octanol–water partition coefficient (Wildman–Crippen LogP) is 6.84. The molecule has 0 N–H and O–H groups in total. The van der Waals surface area contributed by atoms with Crippen molar-refractivity contribution in [3.63, 3.8) is 0 Å². The van der Waals surface area contributed by atoms with Crippen LogP contribution in [0.1, 0.15) is 53.5 Å². The van der Waals surface area contributed by atoms with Crippen LogP contribution in [0.2, 0.25) is 17.1 Å². The first-order valence-corrected chi connectivity index (χ1v) is 14.2. The Morgan fingerprint density at radius 3 is 2.27 bits per heavy atom. The molecular formula is C29H32GeIrN2-2. The van der Waals surface area contributed by atoms with Gasteiger partial charge in [-0.3, -0.25) is 0 Å². The van der Waals surface area contributed by atoms with Crippen molar-refractivity contribution in [3.05, 3.63) is 103 Å². The summed E-state index contributed by atoms with van der Waals surface area (Å²) in [6.07, 6.45) is -0.733. The van der Waals surface area contributed by atoms with Crippen molar-refractivity contribution < 1.29 is 54.4 Å². The number of nitrogens with zero attached hydrogens (tertiary/aromatic N) is 2. The molecule has 0 aliphatic rings. The number of benzene rings is 2. The van der Waals surface area contributed by atoms with Gasteiger partial charge >= 0.3 is 148 Å². The Balaban J connectivity index is 0.000000465. The summed E-state index contributed by atoms with van der Waals surface area (Å²) < 4.78 is 195. The van der Waals surface area contributed by atoms with Crippen molar-refractivity contribution in [3.8, 4) is 22.5 Å². The molecule has 0 amide bonds. The summed E-state index contributed by atoms with van der Waals surface area (Å²) in [5, 5.41) is 0. The van der Waals surface area contributed by atoms with E-state index in [4.69, 9.17) is 34.3 Å². The van der Waals surface area contributed by atoms with Gasteiger partial charge in [0, 0.05) is 29.0 Å². The zero-order valence-corrected chi connectivity index (χ0v) is 21.6. The van der Waals surface area contributed by atoms with Gasteiger partial charge in [-0.1, -0.05) is 12.1 Å². The molecule has 0 unspecified atom stereocenters. The fourth-order valence-corrected chi connectivity index (χ4v) is 4.88. The summed E-state index contributed by atoms with van der Waals surface area (Å²) in [7, 11) is 0. The Bertz CT molecular complexity index is 2110. The van der Waals surface area contributed by atoms with Crippen LogP contribution >= 0.6 is 0 Å². The van der Waals surface area contributed by atoms with Crippen molar-refractivity contribution in [2.24, 2.45) is 5.89 Å². The Morgan fingerprint density at radius 1 is 0.939 bits per heavy atom. The van der Waals surface area contributed by atoms with Gasteiger partial charge in [-0.25, -0.2) is 0 Å². The Labute approximate surface area is 250 Å². The molecule has 0 atom stereocenters. The van der Waals surface area contributed by atoms with Gasteiger partial charge in [-0.2, -0.15) is 0 Å². The van der Waals surface area contributed by atoms with Gasteiger partial charge in [0.1, 0.15) is 0 Å². The van der Waals surface area contributed by atoms with Crippen LogP contribution in [0.25, 0.3) is 22.5 Å². The maximum absolute atomic E-state index is 8.45. The Morgan fingerprint density at radius 2 is 1.61 bits per heavy atom. The third kappa shape index (κ3) is 8.34. The average molecular weight is 699 g/mol. The van der Waals surface area contributed by atoms with E-state index in [0.29, 0.717) is 0 Å². The smallest absolute Gasteiger partial charge is 0.0830 e. The minimum Gasteiger partial charge on any atom is -0.305 e. The molecule has 0 bridgehead atoms. The summed E-state index contributed by atoms with van der Waals surface area (Å²) in [4.78, 5) is 7.72. The SMILES string of the molecule is [2H]c1[c-]c(-c2cc(CC([2H])(C([2H])([2H])[2H])C([2H])([2H])[2H])[c]([Ge]([CH3])([C]([2H])([2H])[2H])[C]([2H])([2H])[2H])cn2)c([2H])c([2H])c1[2H].[2H]c1[c-]c(-c2nc([2H])c([2H])c([2H])c2[2H])c([2H])c([2H])c1[2H].[Ir]. The van der Waals surface area contributed by atoms with Crippen LogP contribution in [-0.4, -0.2) is 23.2 Å². The molecule has 2 aromatic heterocycles. The molecule has 2 nitrogen and oxygen atoms in total. The molecule has 0 aliphatic heterocycles. The van der Waals surface area contributed by atoms with Gasteiger partial charge in [0.15, 0.2) is 0 Å². The molecule has 2 heterocycles. The molecule has 1 radical (unpaired) electrons. The summed E-state index contributed by atoms with van der Waals surface area (Å²) in [5.41, 5.74) is -7.38. The van der Waals surface area contributed by atoms with E-state index in [9.17, 15) is 0 Å².